The summed E-state index contributed by atoms with van der Waals surface area (Å²) in [4.78, 5) is 11.8. The van der Waals surface area contributed by atoms with Gasteiger partial charge in [0.15, 0.2) is 0 Å². The number of hydrogen-bond donors (Lipinski definition) is 0. The number of hydrogen-bond acceptors (Lipinski definition) is 4. The third-order valence-electron chi connectivity index (χ3n) is 4.77. The Hall–Kier alpha value is -1.81. The summed E-state index contributed by atoms with van der Waals surface area (Å²) in [6, 6.07) is 6.23. The number of carbonyl (C=O) groups excluding carboxylic acids is 1. The molecule has 136 valence electrons. The maximum absolute atomic E-state index is 11.8. The molecule has 1 heterocycles. The molecule has 2 aliphatic rings. The number of fused-ring (bicyclic) bond motifs is 1. The Kier molecular flexibility index (Phi) is 5.19. The molecule has 1 aromatic carbocycles. The van der Waals surface area contributed by atoms with Crippen LogP contribution in [0, 0.1) is 0 Å². The van der Waals surface area contributed by atoms with E-state index >= 15 is 0 Å². The van der Waals surface area contributed by atoms with Crippen molar-refractivity contribution in [2.75, 3.05) is 6.61 Å². The summed E-state index contributed by atoms with van der Waals surface area (Å²) in [6.45, 7) is 6.40. The first-order chi connectivity index (χ1) is 11.8. The Morgan fingerprint density at radius 2 is 1.92 bits per heavy atom. The molecule has 0 amide bonds. The van der Waals surface area contributed by atoms with Crippen LogP contribution in [0.5, 0.6) is 5.75 Å². The van der Waals surface area contributed by atoms with Gasteiger partial charge in [0.1, 0.15) is 11.9 Å². The topological polar surface area (TPSA) is 58.6 Å². The van der Waals surface area contributed by atoms with Gasteiger partial charge in [-0.25, -0.2) is 0 Å². The first-order valence-electron chi connectivity index (χ1n) is 9.22. The van der Waals surface area contributed by atoms with E-state index in [4.69, 9.17) is 9.47 Å². The van der Waals surface area contributed by atoms with Gasteiger partial charge in [-0.1, -0.05) is 6.07 Å². The van der Waals surface area contributed by atoms with Gasteiger partial charge < -0.3 is 19.4 Å². The van der Waals surface area contributed by atoms with Crippen molar-refractivity contribution in [3.63, 3.8) is 0 Å². The Bertz CT molecular complexity index is 682. The van der Waals surface area contributed by atoms with E-state index in [1.54, 1.807) is 0 Å². The predicted molar refractivity (Wildman–Crippen MR) is 95.3 cm³/mol. The van der Waals surface area contributed by atoms with Gasteiger partial charge in [0.25, 0.3) is 0 Å². The van der Waals surface area contributed by atoms with Gasteiger partial charge in [-0.2, -0.15) is 0 Å². The van der Waals surface area contributed by atoms with Gasteiger partial charge >= 0.3 is 0 Å². The van der Waals surface area contributed by atoms with Crippen LogP contribution in [0.2, 0.25) is 0 Å². The standard InChI is InChI=1S/C21H28O4/c1-21(2,3)25-19(20(22)23)17-9-5-4-8-16(17)14-10-11-18-15(13-14)7-6-12-24-18/h10-11,13,19H,4-9,12H2,1-3H3,(H,22,23)/p-1. The molecular weight excluding hydrogens is 316 g/mol. The number of carboxylic acid groups (broad SMARTS) is 1. The molecule has 0 bridgehead atoms. The summed E-state index contributed by atoms with van der Waals surface area (Å²) < 4.78 is 11.6. The smallest absolute Gasteiger partial charge is 0.122 e. The first-order valence-corrected chi connectivity index (χ1v) is 9.22. The fraction of sp³-hybridized carbons (Fsp3) is 0.571. The molecule has 1 unspecified atom stereocenters. The molecule has 1 atom stereocenters. The highest BCUT2D eigenvalue weighted by Gasteiger charge is 2.28. The second-order valence-electron chi connectivity index (χ2n) is 7.91. The van der Waals surface area contributed by atoms with Crippen LogP contribution in [0.3, 0.4) is 0 Å². The van der Waals surface area contributed by atoms with E-state index in [1.807, 2.05) is 32.9 Å². The molecule has 0 N–H and O–H groups in total. The van der Waals surface area contributed by atoms with Crippen LogP contribution in [0.15, 0.2) is 23.8 Å². The number of ether oxygens (including phenoxy) is 2. The third-order valence-corrected chi connectivity index (χ3v) is 4.77. The second-order valence-corrected chi connectivity index (χ2v) is 7.91. The van der Waals surface area contributed by atoms with Crippen LogP contribution >= 0.6 is 0 Å². The largest absolute Gasteiger partial charge is 0.547 e. The van der Waals surface area contributed by atoms with Gasteiger partial charge in [0.2, 0.25) is 0 Å². The van der Waals surface area contributed by atoms with Crippen LogP contribution < -0.4 is 9.84 Å². The summed E-state index contributed by atoms with van der Waals surface area (Å²) in [5.74, 6) is -0.194. The molecule has 0 fully saturated rings. The number of aryl methyl sites for hydroxylation is 1. The normalized spacial score (nSPS) is 19.2. The highest BCUT2D eigenvalue weighted by Crippen LogP contribution is 2.38. The number of carboxylic acids is 1. The molecular formula is C21H27O4-. The van der Waals surface area contributed by atoms with E-state index in [0.29, 0.717) is 0 Å². The minimum atomic E-state index is -1.15. The van der Waals surface area contributed by atoms with E-state index in [0.717, 1.165) is 67.6 Å². The average Bonchev–Trinajstić information content (AvgIpc) is 2.58. The van der Waals surface area contributed by atoms with Crippen LogP contribution in [-0.4, -0.2) is 24.3 Å². The van der Waals surface area contributed by atoms with Crippen molar-refractivity contribution in [2.45, 2.75) is 71.0 Å². The molecule has 4 heteroatoms. The van der Waals surface area contributed by atoms with E-state index in [1.165, 1.54) is 5.56 Å². The first kappa shape index (κ1) is 18.0. The van der Waals surface area contributed by atoms with Crippen molar-refractivity contribution < 1.29 is 19.4 Å². The fourth-order valence-electron chi connectivity index (χ4n) is 3.71. The highest BCUT2D eigenvalue weighted by atomic mass is 16.5. The molecule has 25 heavy (non-hydrogen) atoms. The molecule has 0 spiro atoms. The summed E-state index contributed by atoms with van der Waals surface area (Å²) in [5, 5.41) is 11.8. The van der Waals surface area contributed by atoms with Gasteiger partial charge in [0, 0.05) is 0 Å². The lowest BCUT2D eigenvalue weighted by atomic mass is 9.83. The minimum Gasteiger partial charge on any atom is -0.547 e. The zero-order chi connectivity index (χ0) is 18.0. The molecule has 1 aliphatic heterocycles. The molecule has 0 aromatic heterocycles. The summed E-state index contributed by atoms with van der Waals surface area (Å²) >= 11 is 0. The predicted octanol–water partition coefficient (Wildman–Crippen LogP) is 3.27. The van der Waals surface area contributed by atoms with Crippen LogP contribution in [-0.2, 0) is 16.0 Å². The van der Waals surface area contributed by atoms with E-state index in [9.17, 15) is 9.90 Å². The van der Waals surface area contributed by atoms with Crippen LogP contribution in [0.1, 0.15) is 64.0 Å². The third kappa shape index (κ3) is 4.24. The fourth-order valence-corrected chi connectivity index (χ4v) is 3.71. The Labute approximate surface area is 149 Å². The number of carbonyl (C=O) groups is 1. The van der Waals surface area contributed by atoms with Crippen LogP contribution in [0.25, 0.3) is 5.57 Å². The van der Waals surface area contributed by atoms with Gasteiger partial charge in [0.05, 0.1) is 18.2 Å². The number of allylic oxidation sites excluding steroid dienone is 1. The molecule has 1 aromatic rings. The lowest BCUT2D eigenvalue weighted by molar-refractivity contribution is -0.317. The quantitative estimate of drug-likeness (QED) is 0.842. The summed E-state index contributed by atoms with van der Waals surface area (Å²) in [6.07, 6.45) is 4.74. The molecule has 1 aliphatic carbocycles. The molecule has 0 saturated heterocycles. The van der Waals surface area contributed by atoms with Crippen molar-refractivity contribution in [3.05, 3.63) is 34.9 Å². The van der Waals surface area contributed by atoms with Gasteiger partial charge in [-0.15, -0.1) is 0 Å². The van der Waals surface area contributed by atoms with Crippen molar-refractivity contribution >= 4 is 11.5 Å². The lowest BCUT2D eigenvalue weighted by Crippen LogP contribution is -2.43. The maximum Gasteiger partial charge on any atom is 0.122 e. The number of rotatable bonds is 4. The van der Waals surface area contributed by atoms with Crippen LogP contribution in [0.4, 0.5) is 0 Å². The number of benzene rings is 1. The monoisotopic (exact) mass is 343 g/mol. The Balaban J connectivity index is 2.01. The zero-order valence-electron chi connectivity index (χ0n) is 15.4. The minimum absolute atomic E-state index is 0.538. The Morgan fingerprint density at radius 1 is 1.16 bits per heavy atom. The van der Waals surface area contributed by atoms with Gasteiger partial charge in [-0.05, 0) is 93.7 Å². The molecule has 0 saturated carbocycles. The number of aliphatic carboxylic acids is 1. The van der Waals surface area contributed by atoms with Crippen molar-refractivity contribution in [2.24, 2.45) is 0 Å². The summed E-state index contributed by atoms with van der Waals surface area (Å²) in [5.41, 5.74) is 3.76. The zero-order valence-corrected chi connectivity index (χ0v) is 15.4. The Morgan fingerprint density at radius 3 is 2.64 bits per heavy atom. The SMILES string of the molecule is CC(C)(C)OC(C(=O)[O-])C1=C(c2ccc3c(c2)CCCO3)CCCC1. The van der Waals surface area contributed by atoms with Gasteiger partial charge in [-0.3, -0.25) is 0 Å². The van der Waals surface area contributed by atoms with Crippen molar-refractivity contribution in [1.29, 1.82) is 0 Å². The molecule has 0 radical (unpaired) electrons. The van der Waals surface area contributed by atoms with Crippen molar-refractivity contribution in [1.82, 2.24) is 0 Å². The maximum atomic E-state index is 11.8. The second kappa shape index (κ2) is 7.20. The molecule has 4 nitrogen and oxygen atoms in total. The van der Waals surface area contributed by atoms with E-state index in [2.05, 4.69) is 6.07 Å². The van der Waals surface area contributed by atoms with E-state index in [-0.39, 0.29) is 0 Å². The highest BCUT2D eigenvalue weighted by molar-refractivity contribution is 5.81. The lowest BCUT2D eigenvalue weighted by Gasteiger charge is -2.33. The molecule has 3 rings (SSSR count). The van der Waals surface area contributed by atoms with E-state index < -0.39 is 17.7 Å². The van der Waals surface area contributed by atoms with Crippen molar-refractivity contribution in [3.8, 4) is 5.75 Å². The summed E-state index contributed by atoms with van der Waals surface area (Å²) in [7, 11) is 0. The average molecular weight is 343 g/mol.